The number of ketones is 1. The molecule has 2 unspecified atom stereocenters. The molecule has 0 radical (unpaired) electrons. The molecule has 3 aromatic carbocycles. The number of hydrogen-bond donors (Lipinski definition) is 1. The number of Topliss-reactive ketones (excluding diaryl/α,β-unsaturated/α-hetero) is 1. The molecule has 2 atom stereocenters. The summed E-state index contributed by atoms with van der Waals surface area (Å²) in [5, 5.41) is 9.08. The molecule has 3 rings (SSSR count). The molecule has 0 spiro atoms. The van der Waals surface area contributed by atoms with Crippen LogP contribution in [0.2, 0.25) is 0 Å². The maximum atomic E-state index is 13.3. The predicted octanol–water partition coefficient (Wildman–Crippen LogP) is 4.08. The molecule has 3 aromatic rings. The van der Waals surface area contributed by atoms with Crippen molar-refractivity contribution in [2.45, 2.75) is 23.6 Å². The Hall–Kier alpha value is -3.10. The van der Waals surface area contributed by atoms with Crippen molar-refractivity contribution in [1.29, 1.82) is 0 Å². The van der Waals surface area contributed by atoms with E-state index in [2.05, 4.69) is 0 Å². The van der Waals surface area contributed by atoms with Gasteiger partial charge >= 0.3 is 5.97 Å². The van der Waals surface area contributed by atoms with Crippen LogP contribution in [0.25, 0.3) is 0 Å². The molecule has 0 bridgehead atoms. The zero-order chi connectivity index (χ0) is 24.2. The highest BCUT2D eigenvalue weighted by Gasteiger charge is 2.30. The van der Waals surface area contributed by atoms with Crippen molar-refractivity contribution >= 4 is 32.4 Å². The number of hydrogen-bond acceptors (Lipinski definition) is 5. The molecule has 0 aromatic heterocycles. The van der Waals surface area contributed by atoms with Gasteiger partial charge in [0.2, 0.25) is 0 Å². The smallest absolute Gasteiger partial charge is 0.335 e. The summed E-state index contributed by atoms with van der Waals surface area (Å²) in [7, 11) is -5.44. The number of benzene rings is 3. The molecular weight excluding hydrogens is 460 g/mol. The highest BCUT2D eigenvalue weighted by Crippen LogP contribution is 2.21. The number of carboxylic acid groups (broad SMARTS) is 1. The van der Waals surface area contributed by atoms with E-state index in [0.29, 0.717) is 4.90 Å². The summed E-state index contributed by atoms with van der Waals surface area (Å²) in [5.41, 5.74) is 2.08. The van der Waals surface area contributed by atoms with Crippen molar-refractivity contribution < 1.29 is 27.3 Å². The van der Waals surface area contributed by atoms with Gasteiger partial charge in [-0.05, 0) is 50.2 Å². The molecule has 1 N–H and O–H groups in total. The maximum absolute atomic E-state index is 13.3. The average Bonchev–Trinajstić information content (AvgIpc) is 2.78. The fourth-order valence-corrected chi connectivity index (χ4v) is 6.25. The van der Waals surface area contributed by atoms with Gasteiger partial charge in [-0.2, -0.15) is 0 Å². The number of aryl methyl sites for hydroxylation is 2. The van der Waals surface area contributed by atoms with E-state index in [1.807, 2.05) is 13.8 Å². The quantitative estimate of drug-likeness (QED) is 0.459. The van der Waals surface area contributed by atoms with Crippen molar-refractivity contribution in [3.63, 3.8) is 0 Å². The predicted molar refractivity (Wildman–Crippen MR) is 127 cm³/mol. The minimum atomic E-state index is -3.83. The van der Waals surface area contributed by atoms with Gasteiger partial charge in [0.15, 0.2) is 15.6 Å². The second kappa shape index (κ2) is 10.2. The van der Waals surface area contributed by atoms with E-state index in [1.54, 1.807) is 36.4 Å². The van der Waals surface area contributed by atoms with E-state index >= 15 is 0 Å². The summed E-state index contributed by atoms with van der Waals surface area (Å²) in [4.78, 5) is 25.0. The largest absolute Gasteiger partial charge is 0.478 e. The zero-order valence-electron chi connectivity index (χ0n) is 18.2. The van der Waals surface area contributed by atoms with Crippen molar-refractivity contribution in [2.75, 3.05) is 11.5 Å². The first-order valence-corrected chi connectivity index (χ1v) is 13.2. The van der Waals surface area contributed by atoms with E-state index in [1.165, 1.54) is 36.4 Å². The van der Waals surface area contributed by atoms with Crippen LogP contribution in [0.4, 0.5) is 0 Å². The van der Waals surface area contributed by atoms with Gasteiger partial charge < -0.3 is 5.11 Å². The molecule has 0 amide bonds. The first kappa shape index (κ1) is 24.5. The van der Waals surface area contributed by atoms with Gasteiger partial charge in [0, 0.05) is 22.1 Å². The molecule has 172 valence electrons. The number of aromatic carboxylic acids is 1. The molecule has 0 aliphatic rings. The minimum absolute atomic E-state index is 0.0126. The topological polar surface area (TPSA) is 106 Å². The highest BCUT2D eigenvalue weighted by atomic mass is 32.2. The Morgan fingerprint density at radius 1 is 0.818 bits per heavy atom. The average molecular weight is 485 g/mol. The van der Waals surface area contributed by atoms with Crippen LogP contribution >= 0.6 is 0 Å². The molecule has 0 saturated heterocycles. The van der Waals surface area contributed by atoms with Crippen LogP contribution in [-0.4, -0.2) is 41.0 Å². The lowest BCUT2D eigenvalue weighted by Crippen LogP contribution is -2.29. The lowest BCUT2D eigenvalue weighted by molar-refractivity contribution is 0.0696. The number of carbonyl (C=O) groups excluding carboxylic acids is 1. The highest BCUT2D eigenvalue weighted by molar-refractivity contribution is 7.91. The Bertz CT molecular complexity index is 1280. The van der Waals surface area contributed by atoms with Gasteiger partial charge in [0.05, 0.1) is 27.0 Å². The SMILES string of the molecule is Cc1ccc(S(=O)CC(CS(=O)(=O)c2ccc(C)cc2)C(=O)c2ccc(C(=O)O)cc2)cc1. The van der Waals surface area contributed by atoms with Crippen molar-refractivity contribution in [2.24, 2.45) is 5.92 Å². The fraction of sp³-hybridized carbons (Fsp3) is 0.200. The fourth-order valence-electron chi connectivity index (χ4n) is 3.29. The van der Waals surface area contributed by atoms with Gasteiger partial charge in [-0.25, -0.2) is 13.2 Å². The van der Waals surface area contributed by atoms with Gasteiger partial charge in [0.25, 0.3) is 0 Å². The third-order valence-corrected chi connectivity index (χ3v) is 8.56. The molecule has 0 aliphatic carbocycles. The van der Waals surface area contributed by atoms with E-state index in [-0.39, 0.29) is 21.8 Å². The van der Waals surface area contributed by atoms with Gasteiger partial charge in [-0.1, -0.05) is 47.5 Å². The Morgan fingerprint density at radius 2 is 1.30 bits per heavy atom. The summed E-state index contributed by atoms with van der Waals surface area (Å²) < 4.78 is 39.1. The van der Waals surface area contributed by atoms with Crippen LogP contribution in [-0.2, 0) is 20.6 Å². The Morgan fingerprint density at radius 3 is 1.82 bits per heavy atom. The van der Waals surface area contributed by atoms with Gasteiger partial charge in [0.1, 0.15) is 0 Å². The first-order chi connectivity index (χ1) is 15.6. The maximum Gasteiger partial charge on any atom is 0.335 e. The Labute approximate surface area is 195 Å². The number of carboxylic acids is 1. The third kappa shape index (κ3) is 6.24. The van der Waals surface area contributed by atoms with Crippen molar-refractivity contribution in [3.8, 4) is 0 Å². The second-order valence-electron chi connectivity index (χ2n) is 7.86. The van der Waals surface area contributed by atoms with E-state index in [9.17, 15) is 22.2 Å². The zero-order valence-corrected chi connectivity index (χ0v) is 19.9. The monoisotopic (exact) mass is 484 g/mol. The minimum Gasteiger partial charge on any atom is -0.478 e. The second-order valence-corrected chi connectivity index (χ2v) is 11.4. The molecule has 0 aliphatic heterocycles. The summed E-state index contributed by atoms with van der Waals surface area (Å²) in [6, 6.07) is 18.6. The number of carbonyl (C=O) groups is 2. The van der Waals surface area contributed by atoms with Crippen molar-refractivity contribution in [3.05, 3.63) is 95.1 Å². The van der Waals surface area contributed by atoms with Gasteiger partial charge in [-0.15, -0.1) is 0 Å². The molecule has 0 heterocycles. The van der Waals surface area contributed by atoms with E-state index in [4.69, 9.17) is 5.11 Å². The summed E-state index contributed by atoms with van der Waals surface area (Å²) in [6.45, 7) is 3.74. The van der Waals surface area contributed by atoms with Crippen LogP contribution in [0, 0.1) is 19.8 Å². The van der Waals surface area contributed by atoms with Crippen LogP contribution < -0.4 is 0 Å². The number of rotatable bonds is 9. The first-order valence-electron chi connectivity index (χ1n) is 10.2. The van der Waals surface area contributed by atoms with Crippen LogP contribution in [0.15, 0.2) is 82.6 Å². The van der Waals surface area contributed by atoms with Crippen LogP contribution in [0.5, 0.6) is 0 Å². The lowest BCUT2D eigenvalue weighted by atomic mass is 10.00. The molecule has 0 saturated carbocycles. The Balaban J connectivity index is 1.93. The number of sulfone groups is 1. The van der Waals surface area contributed by atoms with Crippen LogP contribution in [0.1, 0.15) is 31.8 Å². The van der Waals surface area contributed by atoms with E-state index in [0.717, 1.165) is 11.1 Å². The van der Waals surface area contributed by atoms with Crippen molar-refractivity contribution in [1.82, 2.24) is 0 Å². The Kier molecular flexibility index (Phi) is 7.61. The third-order valence-electron chi connectivity index (χ3n) is 5.22. The normalized spacial score (nSPS) is 13.3. The lowest BCUT2D eigenvalue weighted by Gasteiger charge is -2.17. The molecular formula is C25H24O6S2. The summed E-state index contributed by atoms with van der Waals surface area (Å²) in [5.74, 6) is -3.38. The standard InChI is InChI=1S/C25H24O6S2/c1-17-3-11-22(12-4-17)32(29)15-21(16-33(30,31)23-13-5-18(2)6-14-23)24(26)19-7-9-20(10-8-19)25(27)28/h3-14,21H,15-16H2,1-2H3,(H,27,28). The summed E-state index contributed by atoms with van der Waals surface area (Å²) in [6.07, 6.45) is 0. The van der Waals surface area contributed by atoms with Gasteiger partial charge in [-0.3, -0.25) is 9.00 Å². The van der Waals surface area contributed by atoms with Crippen LogP contribution in [0.3, 0.4) is 0 Å². The molecule has 6 nitrogen and oxygen atoms in total. The molecule has 0 fully saturated rings. The summed E-state index contributed by atoms with van der Waals surface area (Å²) >= 11 is 0. The molecule has 33 heavy (non-hydrogen) atoms. The molecule has 8 heteroatoms. The van der Waals surface area contributed by atoms with E-state index < -0.39 is 44.1 Å².